The fraction of sp³-hybridized carbons (Fsp3) is 0.185. The summed E-state index contributed by atoms with van der Waals surface area (Å²) in [6.07, 6.45) is 4.28. The van der Waals surface area contributed by atoms with E-state index in [1.54, 1.807) is 31.8 Å². The summed E-state index contributed by atoms with van der Waals surface area (Å²) in [5.74, 6) is 2.41. The van der Waals surface area contributed by atoms with Crippen LogP contribution in [0.4, 0.5) is 5.13 Å². The quantitative estimate of drug-likeness (QED) is 0.115. The Bertz CT molecular complexity index is 1260. The summed E-state index contributed by atoms with van der Waals surface area (Å²) in [5.41, 5.74) is 5.79. The number of aromatic nitrogens is 1. The third kappa shape index (κ3) is 6.10. The average molecular weight is 490 g/mol. The van der Waals surface area contributed by atoms with E-state index in [1.807, 2.05) is 66.7 Å². The molecule has 0 aliphatic carbocycles. The normalized spacial score (nSPS) is 10.9. The third-order valence-electron chi connectivity index (χ3n) is 5.07. The maximum atomic E-state index is 5.97. The Labute approximate surface area is 208 Å². The van der Waals surface area contributed by atoms with Crippen molar-refractivity contribution >= 4 is 32.9 Å². The highest BCUT2D eigenvalue weighted by atomic mass is 32.1. The van der Waals surface area contributed by atoms with E-state index in [-0.39, 0.29) is 0 Å². The van der Waals surface area contributed by atoms with Crippen LogP contribution in [-0.2, 0) is 6.42 Å². The van der Waals surface area contributed by atoms with E-state index >= 15 is 0 Å². The van der Waals surface area contributed by atoms with Crippen molar-refractivity contribution in [1.82, 2.24) is 4.98 Å². The number of hydrogen-bond donors (Lipinski definition) is 1. The molecule has 1 aromatic heterocycles. The molecule has 0 aliphatic rings. The molecule has 0 spiro atoms. The minimum absolute atomic E-state index is 0.321. The second-order valence-corrected chi connectivity index (χ2v) is 8.44. The number of methoxy groups -OCH3 is 2. The summed E-state index contributed by atoms with van der Waals surface area (Å²) in [7, 11) is 3.17. The lowest BCUT2D eigenvalue weighted by Crippen LogP contribution is -2.11. The fourth-order valence-corrected chi connectivity index (χ4v) is 4.28. The summed E-state index contributed by atoms with van der Waals surface area (Å²) >= 11 is 1.54. The van der Waals surface area contributed by atoms with Crippen LogP contribution in [-0.4, -0.2) is 38.6 Å². The number of hydrogen-bond acceptors (Lipinski definition) is 8. The van der Waals surface area contributed by atoms with Crippen molar-refractivity contribution in [2.45, 2.75) is 6.42 Å². The maximum Gasteiger partial charge on any atom is 0.204 e. The van der Waals surface area contributed by atoms with Crippen molar-refractivity contribution in [3.8, 4) is 23.0 Å². The highest BCUT2D eigenvalue weighted by Gasteiger charge is 2.14. The molecule has 1 heterocycles. The first-order chi connectivity index (χ1) is 17.2. The van der Waals surface area contributed by atoms with E-state index in [0.29, 0.717) is 30.5 Å². The summed E-state index contributed by atoms with van der Waals surface area (Å²) in [6, 6.07) is 19.5. The van der Waals surface area contributed by atoms with E-state index in [1.165, 1.54) is 0 Å². The van der Waals surface area contributed by atoms with Gasteiger partial charge in [0.2, 0.25) is 10.9 Å². The van der Waals surface area contributed by atoms with Gasteiger partial charge in [-0.3, -0.25) is 5.43 Å². The van der Waals surface area contributed by atoms with Crippen molar-refractivity contribution in [3.63, 3.8) is 0 Å². The molecule has 0 fully saturated rings. The van der Waals surface area contributed by atoms with Crippen LogP contribution in [0, 0.1) is 0 Å². The smallest absolute Gasteiger partial charge is 0.204 e. The molecular weight excluding hydrogens is 462 g/mol. The Morgan fingerprint density at radius 2 is 1.66 bits per heavy atom. The van der Waals surface area contributed by atoms with Gasteiger partial charge in [0, 0.05) is 5.56 Å². The topological polar surface area (TPSA) is 74.2 Å². The molecule has 0 unspecified atom stereocenters. The predicted octanol–water partition coefficient (Wildman–Crippen LogP) is 5.95. The van der Waals surface area contributed by atoms with Crippen molar-refractivity contribution in [2.75, 3.05) is 32.9 Å². The molecule has 0 radical (unpaired) electrons. The number of para-hydroxylation sites is 2. The first kappa shape index (κ1) is 24.1. The number of benzene rings is 3. The molecule has 8 heteroatoms. The van der Waals surface area contributed by atoms with Crippen LogP contribution in [0.1, 0.15) is 11.1 Å². The highest BCUT2D eigenvalue weighted by Crippen LogP contribution is 2.38. The Morgan fingerprint density at radius 3 is 2.40 bits per heavy atom. The number of rotatable bonds is 12. The average Bonchev–Trinajstić information content (AvgIpc) is 3.30. The molecule has 7 nitrogen and oxygen atoms in total. The molecule has 4 rings (SSSR count). The van der Waals surface area contributed by atoms with Crippen LogP contribution < -0.4 is 24.4 Å². The van der Waals surface area contributed by atoms with Gasteiger partial charge in [-0.15, -0.1) is 6.58 Å². The van der Waals surface area contributed by atoms with Crippen LogP contribution in [0.2, 0.25) is 0 Å². The Hall–Kier alpha value is -4.04. The van der Waals surface area contributed by atoms with Crippen LogP contribution in [0.25, 0.3) is 10.2 Å². The molecule has 1 N–H and O–H groups in total. The van der Waals surface area contributed by atoms with E-state index in [2.05, 4.69) is 22.1 Å². The number of ether oxygens (including phenoxy) is 4. The van der Waals surface area contributed by atoms with Crippen molar-refractivity contribution in [2.24, 2.45) is 5.10 Å². The molecule has 0 atom stereocenters. The van der Waals surface area contributed by atoms with Crippen molar-refractivity contribution < 1.29 is 18.9 Å². The zero-order chi connectivity index (χ0) is 24.5. The van der Waals surface area contributed by atoms with Gasteiger partial charge in [0.1, 0.15) is 19.0 Å². The molecule has 0 bridgehead atoms. The standard InChI is InChI=1S/C27H27N3O4S/c1-4-9-20-10-5-7-12-22(20)33-14-15-34-26-23(31-2)16-19(17-24(26)32-3)18-28-30-27-29-21-11-6-8-13-25(21)35-27/h4-8,10-13,16-18H,1,9,14-15H2,2-3H3,(H,29,30). The Morgan fingerprint density at radius 1 is 0.943 bits per heavy atom. The lowest BCUT2D eigenvalue weighted by atomic mass is 10.1. The number of anilines is 1. The highest BCUT2D eigenvalue weighted by molar-refractivity contribution is 7.22. The van der Waals surface area contributed by atoms with Crippen molar-refractivity contribution in [3.05, 3.63) is 84.4 Å². The van der Waals surface area contributed by atoms with E-state index in [0.717, 1.165) is 38.6 Å². The van der Waals surface area contributed by atoms with Crippen molar-refractivity contribution in [1.29, 1.82) is 0 Å². The molecule has 35 heavy (non-hydrogen) atoms. The molecule has 0 aliphatic heterocycles. The van der Waals surface area contributed by atoms with Gasteiger partial charge in [0.25, 0.3) is 0 Å². The van der Waals surface area contributed by atoms with Crippen LogP contribution in [0.15, 0.2) is 78.4 Å². The van der Waals surface area contributed by atoms with Gasteiger partial charge in [-0.1, -0.05) is 47.7 Å². The monoisotopic (exact) mass is 489 g/mol. The molecule has 0 saturated heterocycles. The molecular formula is C27H27N3O4S. The minimum Gasteiger partial charge on any atom is -0.493 e. The van der Waals surface area contributed by atoms with Gasteiger partial charge >= 0.3 is 0 Å². The largest absolute Gasteiger partial charge is 0.493 e. The van der Waals surface area contributed by atoms with Crippen LogP contribution in [0.5, 0.6) is 23.0 Å². The SMILES string of the molecule is C=CCc1ccccc1OCCOc1c(OC)cc(C=NNc2nc3ccccc3s2)cc1OC. The second-order valence-electron chi connectivity index (χ2n) is 7.41. The van der Waals surface area contributed by atoms with Gasteiger partial charge in [-0.05, 0) is 42.3 Å². The molecule has 0 amide bonds. The zero-order valence-electron chi connectivity index (χ0n) is 19.7. The summed E-state index contributed by atoms with van der Waals surface area (Å²) in [5, 5.41) is 5.03. The molecule has 180 valence electrons. The van der Waals surface area contributed by atoms with E-state index in [4.69, 9.17) is 18.9 Å². The number of allylic oxidation sites excluding steroid dienone is 1. The number of nitrogens with zero attached hydrogens (tertiary/aromatic N) is 2. The lowest BCUT2D eigenvalue weighted by Gasteiger charge is -2.16. The zero-order valence-corrected chi connectivity index (χ0v) is 20.5. The molecule has 4 aromatic rings. The van der Waals surface area contributed by atoms with Gasteiger partial charge < -0.3 is 18.9 Å². The van der Waals surface area contributed by atoms with Gasteiger partial charge in [0.05, 0.1) is 30.7 Å². The first-order valence-electron chi connectivity index (χ1n) is 11.1. The maximum absolute atomic E-state index is 5.97. The number of fused-ring (bicyclic) bond motifs is 1. The third-order valence-corrected chi connectivity index (χ3v) is 6.02. The fourth-order valence-electron chi connectivity index (χ4n) is 3.46. The summed E-state index contributed by atoms with van der Waals surface area (Å²) < 4.78 is 24.1. The molecule has 3 aromatic carbocycles. The lowest BCUT2D eigenvalue weighted by molar-refractivity contribution is 0.204. The first-order valence-corrected chi connectivity index (χ1v) is 11.9. The predicted molar refractivity (Wildman–Crippen MR) is 142 cm³/mol. The Balaban J connectivity index is 1.40. The van der Waals surface area contributed by atoms with E-state index < -0.39 is 0 Å². The minimum atomic E-state index is 0.321. The number of thiazole rings is 1. The summed E-state index contributed by atoms with van der Waals surface area (Å²) in [6.45, 7) is 4.49. The number of hydrazone groups is 1. The summed E-state index contributed by atoms with van der Waals surface area (Å²) in [4.78, 5) is 4.51. The van der Waals surface area contributed by atoms with Crippen LogP contribution in [0.3, 0.4) is 0 Å². The number of nitrogens with one attached hydrogen (secondary N) is 1. The van der Waals surface area contributed by atoms with Gasteiger partial charge in [0.15, 0.2) is 11.5 Å². The molecule has 0 saturated carbocycles. The van der Waals surface area contributed by atoms with E-state index in [9.17, 15) is 0 Å². The second kappa shape index (κ2) is 11.9. The Kier molecular flexibility index (Phi) is 8.19. The van der Waals surface area contributed by atoms with Gasteiger partial charge in [-0.2, -0.15) is 5.10 Å². The van der Waals surface area contributed by atoms with Crippen LogP contribution >= 0.6 is 11.3 Å². The van der Waals surface area contributed by atoms with Gasteiger partial charge in [-0.25, -0.2) is 4.98 Å².